The Morgan fingerprint density at radius 1 is 1.50 bits per heavy atom. The van der Waals surface area contributed by atoms with E-state index in [1.807, 2.05) is 6.92 Å². The largest absolute Gasteiger partial charge is 0.372 e. The number of carbonyl (C=O) groups excluding carboxylic acids is 2. The Kier molecular flexibility index (Phi) is 6.49. The second-order valence-corrected chi connectivity index (χ2v) is 5.99. The molecule has 1 fully saturated rings. The van der Waals surface area contributed by atoms with Crippen LogP contribution in [0.2, 0.25) is 0 Å². The van der Waals surface area contributed by atoms with E-state index in [0.29, 0.717) is 19.4 Å². The lowest BCUT2D eigenvalue weighted by Gasteiger charge is -2.22. The van der Waals surface area contributed by atoms with Crippen LogP contribution >= 0.6 is 11.8 Å². The van der Waals surface area contributed by atoms with Gasteiger partial charge in [0.2, 0.25) is 11.8 Å². The third kappa shape index (κ3) is 4.49. The molecule has 1 heterocycles. The number of likely N-dealkylation sites (tertiary alicyclic amines) is 1. The minimum atomic E-state index is -0.654. The van der Waals surface area contributed by atoms with E-state index in [4.69, 9.17) is 5.73 Å². The second kappa shape index (κ2) is 7.63. The van der Waals surface area contributed by atoms with E-state index in [-0.39, 0.29) is 17.1 Å². The summed E-state index contributed by atoms with van der Waals surface area (Å²) in [5, 5.41) is 10.0. The van der Waals surface area contributed by atoms with Gasteiger partial charge in [-0.3, -0.25) is 9.59 Å². The monoisotopic (exact) mass is 274 g/mol. The molecule has 2 atom stereocenters. The first-order valence-corrected chi connectivity index (χ1v) is 7.48. The third-order valence-corrected chi connectivity index (χ3v) is 4.22. The van der Waals surface area contributed by atoms with Crippen LogP contribution < -0.4 is 5.73 Å². The van der Waals surface area contributed by atoms with Crippen molar-refractivity contribution in [1.29, 1.82) is 0 Å². The SMILES string of the molecule is CCSC1CC(=O)N(CCCCCC(N)=O)C1O. The van der Waals surface area contributed by atoms with Crippen molar-refractivity contribution in [1.82, 2.24) is 4.90 Å². The number of rotatable bonds is 8. The molecule has 0 bridgehead atoms. The predicted octanol–water partition coefficient (Wildman–Crippen LogP) is 0.704. The molecular weight excluding hydrogens is 252 g/mol. The Morgan fingerprint density at radius 2 is 2.22 bits per heavy atom. The van der Waals surface area contributed by atoms with Crippen molar-refractivity contribution in [2.75, 3.05) is 12.3 Å². The van der Waals surface area contributed by atoms with E-state index in [9.17, 15) is 14.7 Å². The third-order valence-electron chi connectivity index (χ3n) is 3.05. The van der Waals surface area contributed by atoms with E-state index in [1.165, 1.54) is 0 Å². The van der Waals surface area contributed by atoms with Crippen LogP contribution in [0.15, 0.2) is 0 Å². The molecule has 5 nitrogen and oxygen atoms in total. The number of unbranched alkanes of at least 4 members (excludes halogenated alkanes) is 2. The molecule has 0 saturated carbocycles. The van der Waals surface area contributed by atoms with E-state index in [2.05, 4.69) is 0 Å². The smallest absolute Gasteiger partial charge is 0.225 e. The van der Waals surface area contributed by atoms with Gasteiger partial charge in [0, 0.05) is 19.4 Å². The fraction of sp³-hybridized carbons (Fsp3) is 0.833. The first kappa shape index (κ1) is 15.3. The van der Waals surface area contributed by atoms with Gasteiger partial charge in [0.25, 0.3) is 0 Å². The molecule has 0 spiro atoms. The van der Waals surface area contributed by atoms with E-state index >= 15 is 0 Å². The summed E-state index contributed by atoms with van der Waals surface area (Å²) < 4.78 is 0. The lowest BCUT2D eigenvalue weighted by molar-refractivity contribution is -0.133. The number of nitrogens with zero attached hydrogens (tertiary/aromatic N) is 1. The summed E-state index contributed by atoms with van der Waals surface area (Å²) in [6.07, 6.45) is 2.58. The van der Waals surface area contributed by atoms with Crippen molar-refractivity contribution < 1.29 is 14.7 Å². The Labute approximate surface area is 112 Å². The van der Waals surface area contributed by atoms with E-state index in [0.717, 1.165) is 25.0 Å². The standard InChI is InChI=1S/C12H22N2O3S/c1-2-18-9-8-11(16)14(12(9)17)7-5-3-4-6-10(13)15/h9,12,17H,2-8H2,1H3,(H2,13,15). The summed E-state index contributed by atoms with van der Waals surface area (Å²) in [6, 6.07) is 0. The van der Waals surface area contributed by atoms with Crippen molar-refractivity contribution >= 4 is 23.6 Å². The summed E-state index contributed by atoms with van der Waals surface area (Å²) in [6.45, 7) is 2.59. The quantitative estimate of drug-likeness (QED) is 0.638. The van der Waals surface area contributed by atoms with Gasteiger partial charge in [-0.05, 0) is 18.6 Å². The van der Waals surface area contributed by atoms with Crippen LogP contribution in [0.1, 0.15) is 39.0 Å². The average molecular weight is 274 g/mol. The zero-order chi connectivity index (χ0) is 13.5. The highest BCUT2D eigenvalue weighted by Gasteiger charge is 2.37. The first-order chi connectivity index (χ1) is 8.56. The second-order valence-electron chi connectivity index (χ2n) is 4.48. The van der Waals surface area contributed by atoms with Crippen LogP contribution in [0.25, 0.3) is 0 Å². The molecule has 0 aromatic rings. The van der Waals surface area contributed by atoms with Crippen LogP contribution in [0, 0.1) is 0 Å². The number of nitrogens with two attached hydrogens (primary N) is 1. The molecule has 18 heavy (non-hydrogen) atoms. The molecule has 3 N–H and O–H groups in total. The van der Waals surface area contributed by atoms with Crippen molar-refractivity contribution in [3.05, 3.63) is 0 Å². The number of aliphatic hydroxyl groups is 1. The highest BCUT2D eigenvalue weighted by Crippen LogP contribution is 2.28. The molecule has 1 aliphatic heterocycles. The van der Waals surface area contributed by atoms with Crippen molar-refractivity contribution in [3.63, 3.8) is 0 Å². The molecule has 104 valence electrons. The molecular formula is C12H22N2O3S. The molecule has 2 unspecified atom stereocenters. The molecule has 2 amide bonds. The van der Waals surface area contributed by atoms with Crippen LogP contribution in [0.4, 0.5) is 0 Å². The number of carbonyl (C=O) groups is 2. The predicted molar refractivity (Wildman–Crippen MR) is 71.9 cm³/mol. The minimum absolute atomic E-state index is 0.00752. The summed E-state index contributed by atoms with van der Waals surface area (Å²) >= 11 is 1.63. The topological polar surface area (TPSA) is 83.6 Å². The maximum Gasteiger partial charge on any atom is 0.225 e. The zero-order valence-electron chi connectivity index (χ0n) is 10.8. The van der Waals surface area contributed by atoms with Gasteiger partial charge >= 0.3 is 0 Å². The molecule has 1 saturated heterocycles. The van der Waals surface area contributed by atoms with Gasteiger partial charge in [-0.2, -0.15) is 11.8 Å². The summed E-state index contributed by atoms with van der Waals surface area (Å²) in [7, 11) is 0. The fourth-order valence-corrected chi connectivity index (χ4v) is 3.12. The lowest BCUT2D eigenvalue weighted by Crippen LogP contribution is -2.36. The molecule has 1 aliphatic rings. The number of aliphatic hydroxyl groups excluding tert-OH is 1. The van der Waals surface area contributed by atoms with Gasteiger partial charge in [-0.15, -0.1) is 0 Å². The average Bonchev–Trinajstić information content (AvgIpc) is 2.56. The van der Waals surface area contributed by atoms with Crippen LogP contribution in [-0.2, 0) is 9.59 Å². The highest BCUT2D eigenvalue weighted by atomic mass is 32.2. The summed E-state index contributed by atoms with van der Waals surface area (Å²) in [4.78, 5) is 23.8. The van der Waals surface area contributed by atoms with Gasteiger partial charge in [0.05, 0.1) is 5.25 Å². The van der Waals surface area contributed by atoms with E-state index < -0.39 is 6.23 Å². The molecule has 0 aliphatic carbocycles. The molecule has 0 radical (unpaired) electrons. The zero-order valence-corrected chi connectivity index (χ0v) is 11.6. The maximum atomic E-state index is 11.7. The van der Waals surface area contributed by atoms with Gasteiger partial charge in [-0.25, -0.2) is 0 Å². The summed E-state index contributed by atoms with van der Waals surface area (Å²) in [5.74, 6) is 0.650. The Hall–Kier alpha value is -0.750. The van der Waals surface area contributed by atoms with Gasteiger partial charge in [0.1, 0.15) is 6.23 Å². The number of primary amides is 1. The number of hydrogen-bond donors (Lipinski definition) is 2. The van der Waals surface area contributed by atoms with Gasteiger partial charge in [-0.1, -0.05) is 13.3 Å². The normalized spacial score (nSPS) is 23.7. The minimum Gasteiger partial charge on any atom is -0.372 e. The summed E-state index contributed by atoms with van der Waals surface area (Å²) in [5.41, 5.74) is 5.05. The molecule has 6 heteroatoms. The van der Waals surface area contributed by atoms with Gasteiger partial charge < -0.3 is 15.7 Å². The number of hydrogen-bond acceptors (Lipinski definition) is 4. The molecule has 0 aromatic heterocycles. The Balaban J connectivity index is 2.25. The Morgan fingerprint density at radius 3 is 2.83 bits per heavy atom. The number of amides is 2. The van der Waals surface area contributed by atoms with Crippen molar-refractivity contribution in [3.8, 4) is 0 Å². The van der Waals surface area contributed by atoms with Gasteiger partial charge in [0.15, 0.2) is 0 Å². The van der Waals surface area contributed by atoms with Crippen LogP contribution in [0.5, 0.6) is 0 Å². The van der Waals surface area contributed by atoms with Crippen LogP contribution in [-0.4, -0.2) is 45.6 Å². The maximum absolute atomic E-state index is 11.7. The van der Waals surface area contributed by atoms with Crippen LogP contribution in [0.3, 0.4) is 0 Å². The molecule has 1 rings (SSSR count). The lowest BCUT2D eigenvalue weighted by atomic mass is 10.2. The highest BCUT2D eigenvalue weighted by molar-refractivity contribution is 7.99. The number of thioether (sulfide) groups is 1. The first-order valence-electron chi connectivity index (χ1n) is 6.43. The molecule has 0 aromatic carbocycles. The van der Waals surface area contributed by atoms with E-state index in [1.54, 1.807) is 16.7 Å². The van der Waals surface area contributed by atoms with Crippen molar-refractivity contribution in [2.45, 2.75) is 50.5 Å². The fourth-order valence-electron chi connectivity index (χ4n) is 2.12. The Bertz CT molecular complexity index is 299. The van der Waals surface area contributed by atoms with Crippen molar-refractivity contribution in [2.24, 2.45) is 5.73 Å².